The van der Waals surface area contributed by atoms with Crippen molar-refractivity contribution >= 4 is 6.03 Å². The summed E-state index contributed by atoms with van der Waals surface area (Å²) >= 11 is 0. The van der Waals surface area contributed by atoms with Crippen molar-refractivity contribution in [3.8, 4) is 0 Å². The van der Waals surface area contributed by atoms with Gasteiger partial charge in [0.2, 0.25) is 0 Å². The largest absolute Gasteiger partial charge is 0.335 e. The van der Waals surface area contributed by atoms with Gasteiger partial charge in [0, 0.05) is 18.6 Å². The Bertz CT molecular complexity index is 322. The third-order valence-corrected chi connectivity index (χ3v) is 5.42. The fraction of sp³-hybridized carbons (Fsp3) is 0.938. The molecule has 4 nitrogen and oxygen atoms in total. The average Bonchev–Trinajstić information content (AvgIpc) is 2.99. The van der Waals surface area contributed by atoms with Gasteiger partial charge in [0.25, 0.3) is 0 Å². The summed E-state index contributed by atoms with van der Waals surface area (Å²) in [4.78, 5) is 14.7. The van der Waals surface area contributed by atoms with Crippen molar-refractivity contribution in [2.24, 2.45) is 5.92 Å². The average molecular weight is 279 g/mol. The molecule has 2 heterocycles. The summed E-state index contributed by atoms with van der Waals surface area (Å²) in [6.07, 6.45) is 11.1. The van der Waals surface area contributed by atoms with E-state index in [1.54, 1.807) is 0 Å². The van der Waals surface area contributed by atoms with Gasteiger partial charge in [-0.3, -0.25) is 0 Å². The second-order valence-electron chi connectivity index (χ2n) is 6.77. The molecule has 0 radical (unpaired) electrons. The molecule has 2 amide bonds. The van der Waals surface area contributed by atoms with Gasteiger partial charge in [0.05, 0.1) is 0 Å². The summed E-state index contributed by atoms with van der Waals surface area (Å²) in [7, 11) is 0. The molecule has 1 saturated carbocycles. The summed E-state index contributed by atoms with van der Waals surface area (Å²) < 4.78 is 0. The number of likely N-dealkylation sites (tertiary alicyclic amines) is 1. The fourth-order valence-corrected chi connectivity index (χ4v) is 4.27. The first-order valence-corrected chi connectivity index (χ1v) is 8.62. The van der Waals surface area contributed by atoms with E-state index in [9.17, 15) is 4.79 Å². The Morgan fingerprint density at radius 3 is 2.45 bits per heavy atom. The summed E-state index contributed by atoms with van der Waals surface area (Å²) in [6.45, 7) is 3.21. The lowest BCUT2D eigenvalue weighted by molar-refractivity contribution is 0.154. The first kappa shape index (κ1) is 14.2. The molecular formula is C16H29N3O. The van der Waals surface area contributed by atoms with Gasteiger partial charge in [-0.05, 0) is 57.5 Å². The molecule has 1 aliphatic carbocycles. The third kappa shape index (κ3) is 3.27. The van der Waals surface area contributed by atoms with Crippen LogP contribution in [0.15, 0.2) is 0 Å². The highest BCUT2D eigenvalue weighted by Crippen LogP contribution is 2.29. The van der Waals surface area contributed by atoms with Crippen molar-refractivity contribution < 1.29 is 4.79 Å². The minimum atomic E-state index is 0.220. The maximum absolute atomic E-state index is 12.6. The molecule has 2 N–H and O–H groups in total. The van der Waals surface area contributed by atoms with Crippen LogP contribution in [-0.2, 0) is 0 Å². The molecule has 2 saturated heterocycles. The zero-order valence-electron chi connectivity index (χ0n) is 12.6. The van der Waals surface area contributed by atoms with Crippen LogP contribution >= 0.6 is 0 Å². The van der Waals surface area contributed by atoms with E-state index in [-0.39, 0.29) is 6.03 Å². The second kappa shape index (κ2) is 6.79. The number of carbonyl (C=O) groups excluding carboxylic acids is 1. The highest BCUT2D eigenvalue weighted by molar-refractivity contribution is 5.75. The SMILES string of the molecule is O=C(NC1CCCCC1)N1CCCC1C1CCNCC1. The predicted molar refractivity (Wildman–Crippen MR) is 80.7 cm³/mol. The van der Waals surface area contributed by atoms with E-state index in [2.05, 4.69) is 15.5 Å². The van der Waals surface area contributed by atoms with Crippen LogP contribution in [0.25, 0.3) is 0 Å². The van der Waals surface area contributed by atoms with Crippen LogP contribution < -0.4 is 10.6 Å². The maximum Gasteiger partial charge on any atom is 0.317 e. The monoisotopic (exact) mass is 279 g/mol. The Hall–Kier alpha value is -0.770. The minimum absolute atomic E-state index is 0.220. The molecule has 0 aromatic rings. The number of nitrogens with one attached hydrogen (secondary N) is 2. The van der Waals surface area contributed by atoms with E-state index in [1.807, 2.05) is 0 Å². The van der Waals surface area contributed by atoms with Crippen LogP contribution in [-0.4, -0.2) is 42.6 Å². The number of rotatable bonds is 2. The van der Waals surface area contributed by atoms with Crippen molar-refractivity contribution in [1.29, 1.82) is 0 Å². The molecule has 0 aromatic carbocycles. The molecule has 3 aliphatic rings. The number of amides is 2. The molecular weight excluding hydrogens is 250 g/mol. The Balaban J connectivity index is 1.55. The summed E-state index contributed by atoms with van der Waals surface area (Å²) in [5.41, 5.74) is 0. The van der Waals surface area contributed by atoms with Gasteiger partial charge in [-0.1, -0.05) is 19.3 Å². The van der Waals surface area contributed by atoms with Crippen LogP contribution in [0.3, 0.4) is 0 Å². The highest BCUT2D eigenvalue weighted by Gasteiger charge is 2.35. The van der Waals surface area contributed by atoms with Crippen LogP contribution in [0.2, 0.25) is 0 Å². The molecule has 20 heavy (non-hydrogen) atoms. The van der Waals surface area contributed by atoms with E-state index >= 15 is 0 Å². The molecule has 1 unspecified atom stereocenters. The first-order chi connectivity index (χ1) is 9.84. The summed E-state index contributed by atoms with van der Waals surface area (Å²) in [5, 5.41) is 6.73. The van der Waals surface area contributed by atoms with E-state index in [0.717, 1.165) is 25.6 Å². The van der Waals surface area contributed by atoms with Gasteiger partial charge >= 0.3 is 6.03 Å². The lowest BCUT2D eigenvalue weighted by atomic mass is 9.89. The van der Waals surface area contributed by atoms with E-state index in [1.165, 1.54) is 57.8 Å². The lowest BCUT2D eigenvalue weighted by Gasteiger charge is -2.35. The van der Waals surface area contributed by atoms with Gasteiger partial charge in [0.15, 0.2) is 0 Å². The van der Waals surface area contributed by atoms with Crippen molar-refractivity contribution in [2.45, 2.75) is 69.9 Å². The van der Waals surface area contributed by atoms with Crippen LogP contribution in [0.5, 0.6) is 0 Å². The van der Waals surface area contributed by atoms with E-state index in [4.69, 9.17) is 0 Å². The molecule has 0 bridgehead atoms. The molecule has 2 aliphatic heterocycles. The zero-order valence-corrected chi connectivity index (χ0v) is 12.6. The Kier molecular flexibility index (Phi) is 4.81. The molecule has 114 valence electrons. The quantitative estimate of drug-likeness (QED) is 0.815. The number of carbonyl (C=O) groups is 1. The smallest absolute Gasteiger partial charge is 0.317 e. The normalized spacial score (nSPS) is 29.6. The molecule has 3 fully saturated rings. The van der Waals surface area contributed by atoms with Crippen LogP contribution in [0, 0.1) is 5.92 Å². The minimum Gasteiger partial charge on any atom is -0.335 e. The summed E-state index contributed by atoms with van der Waals surface area (Å²) in [6, 6.07) is 1.16. The number of piperidine rings is 1. The first-order valence-electron chi connectivity index (χ1n) is 8.62. The Morgan fingerprint density at radius 2 is 1.70 bits per heavy atom. The Morgan fingerprint density at radius 1 is 0.950 bits per heavy atom. The molecule has 0 aromatic heterocycles. The fourth-order valence-electron chi connectivity index (χ4n) is 4.27. The van der Waals surface area contributed by atoms with Gasteiger partial charge in [0.1, 0.15) is 0 Å². The zero-order chi connectivity index (χ0) is 13.8. The van der Waals surface area contributed by atoms with Crippen molar-refractivity contribution in [1.82, 2.24) is 15.5 Å². The van der Waals surface area contributed by atoms with E-state index in [0.29, 0.717) is 12.1 Å². The van der Waals surface area contributed by atoms with Crippen molar-refractivity contribution in [3.05, 3.63) is 0 Å². The number of hydrogen-bond acceptors (Lipinski definition) is 2. The predicted octanol–water partition coefficient (Wildman–Crippen LogP) is 2.49. The second-order valence-corrected chi connectivity index (χ2v) is 6.77. The van der Waals surface area contributed by atoms with Gasteiger partial charge < -0.3 is 15.5 Å². The topological polar surface area (TPSA) is 44.4 Å². The van der Waals surface area contributed by atoms with Crippen molar-refractivity contribution in [2.75, 3.05) is 19.6 Å². The number of urea groups is 1. The summed E-state index contributed by atoms with van der Waals surface area (Å²) in [5.74, 6) is 0.718. The van der Waals surface area contributed by atoms with Gasteiger partial charge in [-0.15, -0.1) is 0 Å². The van der Waals surface area contributed by atoms with Gasteiger partial charge in [-0.25, -0.2) is 4.79 Å². The highest BCUT2D eigenvalue weighted by atomic mass is 16.2. The van der Waals surface area contributed by atoms with Crippen LogP contribution in [0.1, 0.15) is 57.8 Å². The van der Waals surface area contributed by atoms with Crippen molar-refractivity contribution in [3.63, 3.8) is 0 Å². The van der Waals surface area contributed by atoms with Gasteiger partial charge in [-0.2, -0.15) is 0 Å². The lowest BCUT2D eigenvalue weighted by Crippen LogP contribution is -2.50. The molecule has 4 heteroatoms. The third-order valence-electron chi connectivity index (χ3n) is 5.42. The number of nitrogens with zero attached hydrogens (tertiary/aromatic N) is 1. The number of hydrogen-bond donors (Lipinski definition) is 2. The van der Waals surface area contributed by atoms with E-state index < -0.39 is 0 Å². The Labute approximate surface area is 122 Å². The van der Waals surface area contributed by atoms with Crippen LogP contribution in [0.4, 0.5) is 4.79 Å². The maximum atomic E-state index is 12.6. The molecule has 1 atom stereocenters. The standard InChI is InChI=1S/C16H29N3O/c20-16(18-14-5-2-1-3-6-14)19-12-4-7-15(19)13-8-10-17-11-9-13/h13-15,17H,1-12H2,(H,18,20). The molecule has 3 rings (SSSR count). The molecule has 0 spiro atoms.